The van der Waals surface area contributed by atoms with Crippen LogP contribution in [0, 0.1) is 5.92 Å². The number of phosphoric acid groups is 1. The van der Waals surface area contributed by atoms with E-state index >= 15 is 0 Å². The zero-order chi connectivity index (χ0) is 39.9. The zero-order valence-corrected chi connectivity index (χ0v) is 34.1. The number of hydrogen-bond acceptors (Lipinski definition) is 12. The largest absolute Gasteiger partial charge is 0.472 e. The fourth-order valence-electron chi connectivity index (χ4n) is 6.20. The molecular formula is C40H74NO12P. The topological polar surface area (TPSA) is 204 Å². The molecule has 2 unspecified atom stereocenters. The third kappa shape index (κ3) is 27.0. The quantitative estimate of drug-likeness (QED) is 0.0188. The van der Waals surface area contributed by atoms with Crippen molar-refractivity contribution in [2.45, 2.75) is 186 Å². The molecule has 54 heavy (non-hydrogen) atoms. The van der Waals surface area contributed by atoms with Gasteiger partial charge in [0, 0.05) is 31.7 Å². The Morgan fingerprint density at radius 1 is 0.833 bits per heavy atom. The molecule has 1 fully saturated rings. The smallest absolute Gasteiger partial charge is 0.462 e. The third-order valence-corrected chi connectivity index (χ3v) is 10.4. The summed E-state index contributed by atoms with van der Waals surface area (Å²) in [7, 11) is -4.45. The van der Waals surface area contributed by atoms with Crippen LogP contribution >= 0.6 is 7.82 Å². The summed E-state index contributed by atoms with van der Waals surface area (Å²) in [6.07, 6.45) is 22.6. The van der Waals surface area contributed by atoms with Crippen LogP contribution < -0.4 is 5.73 Å². The van der Waals surface area contributed by atoms with Crippen molar-refractivity contribution >= 4 is 19.8 Å². The molecule has 13 nitrogen and oxygen atoms in total. The van der Waals surface area contributed by atoms with E-state index in [2.05, 4.69) is 13.8 Å². The summed E-state index contributed by atoms with van der Waals surface area (Å²) in [4.78, 5) is 35.0. The Labute approximate surface area is 325 Å². The molecule has 0 saturated carbocycles. The molecule has 0 aliphatic carbocycles. The molecule has 7 atom stereocenters. The minimum absolute atomic E-state index is 0.0105. The summed E-state index contributed by atoms with van der Waals surface area (Å²) in [6.45, 7) is 3.29. The average Bonchev–Trinajstić information content (AvgIpc) is 3.13. The summed E-state index contributed by atoms with van der Waals surface area (Å²) >= 11 is 0. The fourth-order valence-corrected chi connectivity index (χ4v) is 6.97. The Hall–Kier alpha value is -1.67. The lowest BCUT2D eigenvalue weighted by molar-refractivity contribution is -0.199. The minimum atomic E-state index is -4.45. The number of carbonyl (C=O) groups excluding carboxylic acids is 2. The van der Waals surface area contributed by atoms with Crippen LogP contribution in [0.15, 0.2) is 24.3 Å². The molecule has 1 saturated heterocycles. The lowest BCUT2D eigenvalue weighted by atomic mass is 9.87. The molecule has 0 bridgehead atoms. The highest BCUT2D eigenvalue weighted by Gasteiger charge is 2.35. The molecule has 0 spiro atoms. The van der Waals surface area contributed by atoms with Crippen molar-refractivity contribution < 1.29 is 57.6 Å². The first-order chi connectivity index (χ1) is 26.0. The van der Waals surface area contributed by atoms with Crippen LogP contribution in [-0.2, 0) is 37.4 Å². The van der Waals surface area contributed by atoms with Crippen molar-refractivity contribution in [2.75, 3.05) is 26.4 Å². The Morgan fingerprint density at radius 3 is 2.09 bits per heavy atom. The molecule has 316 valence electrons. The maximum Gasteiger partial charge on any atom is 0.472 e. The molecule has 14 heteroatoms. The Bertz CT molecular complexity index is 1060. The molecular weight excluding hydrogens is 717 g/mol. The molecule has 0 aromatic carbocycles. The SMILES string of the molecule is CCCCCCCCCCCCCCC(=O)OC[C@H](COP(=O)(O)OCCN)OC(=O)CCC/C=C\C[C@H]1[C@@H](O)CC(O)O[C@@H]1/C=C/[C@@H](O)CCCCC. The second-order valence-electron chi connectivity index (χ2n) is 14.4. The average molecular weight is 792 g/mol. The molecule has 6 N–H and O–H groups in total. The van der Waals surface area contributed by atoms with Crippen molar-refractivity contribution in [2.24, 2.45) is 11.7 Å². The number of aliphatic hydroxyl groups excluding tert-OH is 3. The number of hydrogen-bond donors (Lipinski definition) is 5. The highest BCUT2D eigenvalue weighted by Crippen LogP contribution is 2.43. The standard InChI is InChI=1S/C40H74NO12P/c1-3-5-7-8-9-10-11-12-13-14-15-20-24-38(44)49-31-34(32-51-54(47,48)50-29-28-41)52-39(45)25-21-17-16-19-23-35-36(43)30-40(46)53-37(35)27-26-33(42)22-18-6-4-2/h16,19,26-27,33-37,40,42-43,46H,3-15,17-18,20-25,28-32,41H2,1-2H3,(H,47,48)/b19-16-,27-26+/t33-,34+,35-,36-,37+,40?/m0/s1. The molecule has 0 aromatic heterocycles. The minimum Gasteiger partial charge on any atom is -0.462 e. The van der Waals surface area contributed by atoms with Gasteiger partial charge in [0.1, 0.15) is 6.61 Å². The fraction of sp³-hybridized carbons (Fsp3) is 0.850. The third-order valence-electron chi connectivity index (χ3n) is 9.39. The summed E-state index contributed by atoms with van der Waals surface area (Å²) in [5.41, 5.74) is 5.33. The number of rotatable bonds is 34. The van der Waals surface area contributed by atoms with Crippen LogP contribution in [0.2, 0.25) is 0 Å². The summed E-state index contributed by atoms with van der Waals surface area (Å²) in [5, 5.41) is 30.9. The first-order valence-electron chi connectivity index (χ1n) is 20.7. The van der Waals surface area contributed by atoms with E-state index in [9.17, 15) is 34.4 Å². The lowest BCUT2D eigenvalue weighted by Gasteiger charge is -2.36. The van der Waals surface area contributed by atoms with Crippen molar-refractivity contribution in [3.63, 3.8) is 0 Å². The molecule has 1 aliphatic rings. The van der Waals surface area contributed by atoms with Crippen LogP contribution in [0.5, 0.6) is 0 Å². The van der Waals surface area contributed by atoms with Crippen LogP contribution in [0.25, 0.3) is 0 Å². The van der Waals surface area contributed by atoms with E-state index < -0.39 is 57.1 Å². The van der Waals surface area contributed by atoms with E-state index in [0.29, 0.717) is 32.1 Å². The number of unbranched alkanes of at least 4 members (excludes halogenated alkanes) is 14. The van der Waals surface area contributed by atoms with Crippen molar-refractivity contribution in [3.05, 3.63) is 24.3 Å². The molecule has 1 heterocycles. The van der Waals surface area contributed by atoms with Gasteiger partial charge in [-0.3, -0.25) is 18.6 Å². The maximum absolute atomic E-state index is 12.7. The highest BCUT2D eigenvalue weighted by molar-refractivity contribution is 7.47. The zero-order valence-electron chi connectivity index (χ0n) is 33.2. The molecule has 0 amide bonds. The maximum atomic E-state index is 12.7. The van der Waals surface area contributed by atoms with E-state index in [4.69, 9.17) is 29.0 Å². The second-order valence-corrected chi connectivity index (χ2v) is 15.8. The van der Waals surface area contributed by atoms with Gasteiger partial charge < -0.3 is 40.2 Å². The van der Waals surface area contributed by atoms with Gasteiger partial charge in [0.25, 0.3) is 0 Å². The number of ether oxygens (including phenoxy) is 3. The van der Waals surface area contributed by atoms with Gasteiger partial charge in [0.15, 0.2) is 12.4 Å². The molecule has 0 radical (unpaired) electrons. The van der Waals surface area contributed by atoms with Gasteiger partial charge in [-0.1, -0.05) is 128 Å². The number of allylic oxidation sites excluding steroid dienone is 2. The molecule has 0 aromatic rings. The van der Waals surface area contributed by atoms with Gasteiger partial charge in [0.05, 0.1) is 31.5 Å². The Morgan fingerprint density at radius 2 is 1.44 bits per heavy atom. The van der Waals surface area contributed by atoms with Crippen molar-refractivity contribution in [3.8, 4) is 0 Å². The summed E-state index contributed by atoms with van der Waals surface area (Å²) < 4.78 is 38.3. The molecule has 1 aliphatic heterocycles. The predicted molar refractivity (Wildman–Crippen MR) is 209 cm³/mol. The summed E-state index contributed by atoms with van der Waals surface area (Å²) in [5.74, 6) is -1.34. The van der Waals surface area contributed by atoms with Gasteiger partial charge >= 0.3 is 19.8 Å². The normalized spacial score (nSPS) is 21.3. The van der Waals surface area contributed by atoms with Crippen LogP contribution in [0.1, 0.15) is 155 Å². The van der Waals surface area contributed by atoms with Crippen molar-refractivity contribution in [1.82, 2.24) is 0 Å². The van der Waals surface area contributed by atoms with Crippen LogP contribution in [0.3, 0.4) is 0 Å². The van der Waals surface area contributed by atoms with Crippen molar-refractivity contribution in [1.29, 1.82) is 0 Å². The van der Waals surface area contributed by atoms with E-state index in [-0.39, 0.29) is 44.9 Å². The van der Waals surface area contributed by atoms with Crippen LogP contribution in [0.4, 0.5) is 0 Å². The van der Waals surface area contributed by atoms with Gasteiger partial charge in [-0.25, -0.2) is 4.57 Å². The van der Waals surface area contributed by atoms with E-state index in [1.165, 1.54) is 51.4 Å². The van der Waals surface area contributed by atoms with Gasteiger partial charge in [-0.05, 0) is 32.1 Å². The van der Waals surface area contributed by atoms with Crippen LogP contribution in [-0.4, -0.2) is 89.2 Å². The lowest BCUT2D eigenvalue weighted by Crippen LogP contribution is -2.43. The predicted octanol–water partition coefficient (Wildman–Crippen LogP) is 7.32. The first kappa shape index (κ1) is 50.3. The van der Waals surface area contributed by atoms with Gasteiger partial charge in [0.2, 0.25) is 0 Å². The number of phosphoric ester groups is 1. The number of nitrogens with two attached hydrogens (primary N) is 1. The second kappa shape index (κ2) is 32.4. The molecule has 1 rings (SSSR count). The Kier molecular flexibility index (Phi) is 30.2. The monoisotopic (exact) mass is 791 g/mol. The number of aliphatic hydroxyl groups is 3. The van der Waals surface area contributed by atoms with Gasteiger partial charge in [-0.15, -0.1) is 0 Å². The van der Waals surface area contributed by atoms with E-state index in [0.717, 1.165) is 38.5 Å². The first-order valence-corrected chi connectivity index (χ1v) is 22.2. The van der Waals surface area contributed by atoms with E-state index in [1.807, 2.05) is 12.2 Å². The van der Waals surface area contributed by atoms with E-state index in [1.54, 1.807) is 12.2 Å². The Balaban J connectivity index is 2.49. The summed E-state index contributed by atoms with van der Waals surface area (Å²) in [6, 6.07) is 0. The van der Waals surface area contributed by atoms with Gasteiger partial charge in [-0.2, -0.15) is 0 Å². The number of carbonyl (C=O) groups is 2. The highest BCUT2D eigenvalue weighted by atomic mass is 31.2. The number of esters is 2.